The van der Waals surface area contributed by atoms with Crippen LogP contribution >= 0.6 is 0 Å². The van der Waals surface area contributed by atoms with Gasteiger partial charge in [0.1, 0.15) is 11.2 Å². The third kappa shape index (κ3) is 5.98. The van der Waals surface area contributed by atoms with Crippen LogP contribution < -0.4 is 4.90 Å². The minimum Gasteiger partial charge on any atom is -0.456 e. The van der Waals surface area contributed by atoms with Crippen LogP contribution in [-0.4, -0.2) is 5.71 Å². The zero-order valence-electron chi connectivity index (χ0n) is 31.1. The molecule has 1 aromatic heterocycles. The number of aliphatic imine (C=N–C) groups is 1. The molecule has 0 N–H and O–H groups in total. The molecule has 3 heteroatoms. The highest BCUT2D eigenvalue weighted by Crippen LogP contribution is 2.43. The number of hydrogen-bond acceptors (Lipinski definition) is 3. The van der Waals surface area contributed by atoms with Gasteiger partial charge in [0, 0.05) is 28.9 Å². The van der Waals surface area contributed by atoms with Crippen LogP contribution in [0.15, 0.2) is 216 Å². The lowest BCUT2D eigenvalue weighted by molar-refractivity contribution is 0.669. The van der Waals surface area contributed by atoms with Gasteiger partial charge in [0.25, 0.3) is 0 Å². The highest BCUT2D eigenvalue weighted by molar-refractivity contribution is 6.17. The minimum atomic E-state index is 0.828. The van der Waals surface area contributed by atoms with Crippen LogP contribution in [0.1, 0.15) is 11.1 Å². The Hall–Kier alpha value is -7.49. The molecule has 2 heterocycles. The summed E-state index contributed by atoms with van der Waals surface area (Å²) < 4.78 is 6.49. The second kappa shape index (κ2) is 13.7. The van der Waals surface area contributed by atoms with Gasteiger partial charge in [-0.05, 0) is 116 Å². The van der Waals surface area contributed by atoms with Gasteiger partial charge in [-0.2, -0.15) is 0 Å². The molecule has 0 bridgehead atoms. The van der Waals surface area contributed by atoms with Crippen LogP contribution in [0.2, 0.25) is 0 Å². The van der Waals surface area contributed by atoms with Gasteiger partial charge in [0.2, 0.25) is 0 Å². The van der Waals surface area contributed by atoms with Crippen molar-refractivity contribution in [2.45, 2.75) is 6.42 Å². The Balaban J connectivity index is 0.959. The molecular formula is C54H36N2O. The summed E-state index contributed by atoms with van der Waals surface area (Å²) in [6.07, 6.45) is 0.828. The van der Waals surface area contributed by atoms with Crippen LogP contribution in [0.5, 0.6) is 0 Å². The fourth-order valence-corrected chi connectivity index (χ4v) is 8.37. The lowest BCUT2D eigenvalue weighted by atomic mass is 9.99. The summed E-state index contributed by atoms with van der Waals surface area (Å²) in [5.74, 6) is 0. The van der Waals surface area contributed by atoms with E-state index in [1.165, 1.54) is 44.2 Å². The first-order chi connectivity index (χ1) is 28.2. The van der Waals surface area contributed by atoms with E-state index >= 15 is 0 Å². The van der Waals surface area contributed by atoms with Crippen LogP contribution in [0.4, 0.5) is 22.7 Å². The van der Waals surface area contributed by atoms with Crippen molar-refractivity contribution < 1.29 is 4.42 Å². The summed E-state index contributed by atoms with van der Waals surface area (Å²) in [7, 11) is 0. The Morgan fingerprint density at radius 2 is 0.965 bits per heavy atom. The van der Waals surface area contributed by atoms with Crippen molar-refractivity contribution in [3.63, 3.8) is 0 Å². The van der Waals surface area contributed by atoms with Crippen molar-refractivity contribution in [1.29, 1.82) is 0 Å². The lowest BCUT2D eigenvalue weighted by Gasteiger charge is -2.26. The second-order valence-electron chi connectivity index (χ2n) is 14.8. The van der Waals surface area contributed by atoms with Gasteiger partial charge in [-0.25, -0.2) is 0 Å². The monoisotopic (exact) mass is 728 g/mol. The van der Waals surface area contributed by atoms with Crippen LogP contribution in [-0.2, 0) is 6.42 Å². The first-order valence-electron chi connectivity index (χ1n) is 19.5. The minimum absolute atomic E-state index is 0.828. The number of benzene rings is 9. The normalized spacial score (nSPS) is 12.2. The van der Waals surface area contributed by atoms with Crippen molar-refractivity contribution in [1.82, 2.24) is 0 Å². The van der Waals surface area contributed by atoms with Crippen molar-refractivity contribution in [2.24, 2.45) is 4.99 Å². The Bertz CT molecular complexity index is 3120. The summed E-state index contributed by atoms with van der Waals surface area (Å²) in [6, 6.07) is 73.7. The van der Waals surface area contributed by atoms with E-state index in [0.29, 0.717) is 0 Å². The third-order valence-electron chi connectivity index (χ3n) is 11.3. The average molecular weight is 729 g/mol. The summed E-state index contributed by atoms with van der Waals surface area (Å²) in [5.41, 5.74) is 16.5. The largest absolute Gasteiger partial charge is 0.456 e. The number of fused-ring (bicyclic) bond motifs is 6. The van der Waals surface area contributed by atoms with E-state index in [0.717, 1.165) is 67.9 Å². The summed E-state index contributed by atoms with van der Waals surface area (Å²) >= 11 is 0. The Kier molecular flexibility index (Phi) is 7.89. The van der Waals surface area contributed by atoms with E-state index in [1.807, 2.05) is 6.07 Å². The maximum atomic E-state index is 6.49. The molecular weight excluding hydrogens is 693 g/mol. The van der Waals surface area contributed by atoms with E-state index in [-0.39, 0.29) is 0 Å². The number of rotatable bonds is 7. The highest BCUT2D eigenvalue weighted by atomic mass is 16.3. The topological polar surface area (TPSA) is 28.7 Å². The van der Waals surface area contributed by atoms with Gasteiger partial charge in [0.05, 0.1) is 16.8 Å². The number of hydrogen-bond donors (Lipinski definition) is 0. The molecule has 3 nitrogen and oxygen atoms in total. The molecule has 57 heavy (non-hydrogen) atoms. The zero-order valence-corrected chi connectivity index (χ0v) is 31.1. The molecule has 0 spiro atoms. The van der Waals surface area contributed by atoms with Crippen LogP contribution in [0.25, 0.3) is 66.1 Å². The van der Waals surface area contributed by atoms with Crippen molar-refractivity contribution in [2.75, 3.05) is 4.90 Å². The predicted molar refractivity (Wildman–Crippen MR) is 239 cm³/mol. The smallest absolute Gasteiger partial charge is 0.137 e. The van der Waals surface area contributed by atoms with Gasteiger partial charge in [-0.15, -0.1) is 0 Å². The number of anilines is 3. The second-order valence-corrected chi connectivity index (χ2v) is 14.8. The van der Waals surface area contributed by atoms with Crippen molar-refractivity contribution in [3.05, 3.63) is 217 Å². The fourth-order valence-electron chi connectivity index (χ4n) is 8.37. The summed E-state index contributed by atoms with van der Waals surface area (Å²) in [5, 5.41) is 4.67. The first kappa shape index (κ1) is 32.9. The van der Waals surface area contributed by atoms with Gasteiger partial charge in [-0.3, -0.25) is 4.99 Å². The van der Waals surface area contributed by atoms with Gasteiger partial charge in [-0.1, -0.05) is 146 Å². The van der Waals surface area contributed by atoms with E-state index in [2.05, 4.69) is 205 Å². The Morgan fingerprint density at radius 1 is 0.386 bits per heavy atom. The molecule has 0 aliphatic carbocycles. The van der Waals surface area contributed by atoms with Crippen LogP contribution in [0, 0.1) is 0 Å². The van der Waals surface area contributed by atoms with Crippen molar-refractivity contribution in [3.8, 4) is 33.4 Å². The molecule has 11 rings (SSSR count). The maximum absolute atomic E-state index is 6.49. The Morgan fingerprint density at radius 3 is 1.72 bits per heavy atom. The zero-order chi connectivity index (χ0) is 37.7. The molecule has 9 aromatic carbocycles. The molecule has 0 radical (unpaired) electrons. The maximum Gasteiger partial charge on any atom is 0.137 e. The lowest BCUT2D eigenvalue weighted by Crippen LogP contribution is -2.10. The van der Waals surface area contributed by atoms with Gasteiger partial charge < -0.3 is 9.32 Å². The molecule has 0 fully saturated rings. The first-order valence-corrected chi connectivity index (χ1v) is 19.5. The average Bonchev–Trinajstić information content (AvgIpc) is 3.89. The number of nitrogens with zero attached hydrogens (tertiary/aromatic N) is 2. The predicted octanol–water partition coefficient (Wildman–Crippen LogP) is 14.9. The molecule has 0 saturated carbocycles. The summed E-state index contributed by atoms with van der Waals surface area (Å²) in [6.45, 7) is 0. The van der Waals surface area contributed by atoms with E-state index in [9.17, 15) is 0 Å². The molecule has 1 aliphatic rings. The van der Waals surface area contributed by atoms with E-state index in [1.54, 1.807) is 0 Å². The quantitative estimate of drug-likeness (QED) is 0.163. The molecule has 10 aromatic rings. The molecule has 0 amide bonds. The molecule has 268 valence electrons. The molecule has 0 atom stereocenters. The van der Waals surface area contributed by atoms with Crippen LogP contribution in [0.3, 0.4) is 0 Å². The number of furan rings is 1. The SMILES string of the molecule is c1ccc(C2=Nc3c(ccc4oc5cc(-c6ccc(N(c7ccc(-c8ccccc8)cc7)c7cccc(-c8ccc9ccccc9c8)c7)cc6)ccc5c34)C2)cc1. The molecule has 0 saturated heterocycles. The highest BCUT2D eigenvalue weighted by Gasteiger charge is 2.22. The fraction of sp³-hybridized carbons (Fsp3) is 0.0185. The van der Waals surface area contributed by atoms with E-state index < -0.39 is 0 Å². The standard InChI is InChI=1S/C54H36N2O/c1-3-10-36(11-4-1)38-20-26-46(27-21-38)56(48-17-9-16-42(33-48)43-19-18-37-12-7-8-15-41(37)32-43)47-28-22-39(23-29-47)44-24-30-49-52(35-44)57-51-31-25-45-34-50(55-54(45)53(49)51)40-13-5-2-6-14-40/h1-33,35H,34H2. The van der Waals surface area contributed by atoms with Gasteiger partial charge in [0.15, 0.2) is 0 Å². The van der Waals surface area contributed by atoms with E-state index in [4.69, 9.17) is 9.41 Å². The van der Waals surface area contributed by atoms with Gasteiger partial charge >= 0.3 is 0 Å². The Labute approximate surface area is 331 Å². The molecule has 1 aliphatic heterocycles. The van der Waals surface area contributed by atoms with Crippen molar-refractivity contribution >= 4 is 61.2 Å². The third-order valence-corrected chi connectivity index (χ3v) is 11.3. The molecule has 0 unspecified atom stereocenters. The summed E-state index contributed by atoms with van der Waals surface area (Å²) in [4.78, 5) is 7.48.